The number of benzodiazepines with no additional fused rings is 1. The van der Waals surface area contributed by atoms with E-state index in [9.17, 15) is 19.2 Å². The number of thiol groups is 1. The summed E-state index contributed by atoms with van der Waals surface area (Å²) in [5.41, 5.74) is 8.21. The molecule has 1 aliphatic rings. The molecule has 2 aromatic rings. The van der Waals surface area contributed by atoms with Gasteiger partial charge >= 0.3 is 5.97 Å². The van der Waals surface area contributed by atoms with Crippen molar-refractivity contribution in [2.24, 2.45) is 10.7 Å². The molecule has 3 atom stereocenters. The van der Waals surface area contributed by atoms with Gasteiger partial charge in [0.05, 0.1) is 24.6 Å². The molecule has 0 saturated heterocycles. The van der Waals surface area contributed by atoms with Crippen molar-refractivity contribution in [3.05, 3.63) is 65.7 Å². The third kappa shape index (κ3) is 7.20. The molecule has 208 valence electrons. The first-order chi connectivity index (χ1) is 18.7. The number of nitrogens with two attached hydrogens (primary N) is 1. The first-order valence-electron chi connectivity index (χ1n) is 12.3. The van der Waals surface area contributed by atoms with Gasteiger partial charge in [-0.25, -0.2) is 9.79 Å². The second-order valence-corrected chi connectivity index (χ2v) is 10.2. The molecule has 10 nitrogen and oxygen atoms in total. The van der Waals surface area contributed by atoms with Gasteiger partial charge in [0.2, 0.25) is 18.0 Å². The highest BCUT2D eigenvalue weighted by atomic mass is 32.2. The highest BCUT2D eigenvalue weighted by molar-refractivity contribution is 7.98. The lowest BCUT2D eigenvalue weighted by Crippen LogP contribution is -2.55. The molecule has 3 amide bonds. The quantitative estimate of drug-likeness (QED) is 0.274. The lowest BCUT2D eigenvalue weighted by molar-refractivity contribution is -0.145. The Morgan fingerprint density at radius 1 is 1.18 bits per heavy atom. The smallest absolute Gasteiger partial charge is 0.328 e. The summed E-state index contributed by atoms with van der Waals surface area (Å²) in [6, 6.07) is 14.5. The number of fused-ring (bicyclic) bond motifs is 1. The van der Waals surface area contributed by atoms with E-state index in [0.717, 1.165) is 5.56 Å². The minimum Gasteiger partial charge on any atom is -0.467 e. The number of carbonyl (C=O) groups is 4. The molecule has 0 aromatic heterocycles. The number of hydrogen-bond donors (Lipinski definition) is 3. The van der Waals surface area contributed by atoms with Crippen molar-refractivity contribution in [1.82, 2.24) is 10.2 Å². The van der Waals surface area contributed by atoms with Gasteiger partial charge in [-0.15, -0.1) is 0 Å². The summed E-state index contributed by atoms with van der Waals surface area (Å²) in [7, 11) is 2.70. The van der Waals surface area contributed by atoms with Crippen LogP contribution < -0.4 is 16.0 Å². The number of thioether (sulfide) groups is 1. The monoisotopic (exact) mass is 571 g/mol. The number of carbonyl (C=O) groups excluding carboxylic acids is 4. The maximum Gasteiger partial charge on any atom is 0.328 e. The summed E-state index contributed by atoms with van der Waals surface area (Å²) < 4.78 is 4.84. The number of methoxy groups -OCH3 is 1. The Bertz CT molecular complexity index is 1230. The number of rotatable bonds is 11. The SMILES string of the molecule is COC(=O)[C@H](CCSC)NC(=O)CN1C(=O)C(N(C)C(=O)[C@@H](N)CS)N=C(c2ccccc2)c2ccccc21. The first kappa shape index (κ1) is 30.2. The van der Waals surface area contributed by atoms with Crippen molar-refractivity contribution in [1.29, 1.82) is 0 Å². The number of ether oxygens (including phenoxy) is 1. The average Bonchev–Trinajstić information content (AvgIpc) is 3.08. The highest BCUT2D eigenvalue weighted by Gasteiger charge is 2.38. The Balaban J connectivity index is 2.06. The minimum atomic E-state index is -1.30. The van der Waals surface area contributed by atoms with Crippen LogP contribution in [0, 0.1) is 0 Å². The van der Waals surface area contributed by atoms with Gasteiger partial charge in [0, 0.05) is 23.9 Å². The van der Waals surface area contributed by atoms with Crippen LogP contribution in [-0.4, -0.2) is 91.0 Å². The molecule has 0 bridgehead atoms. The summed E-state index contributed by atoms with van der Waals surface area (Å²) in [6.45, 7) is -0.405. The lowest BCUT2D eigenvalue weighted by atomic mass is 10.0. The predicted octanol–water partition coefficient (Wildman–Crippen LogP) is 1.32. The number of para-hydroxylation sites is 1. The topological polar surface area (TPSA) is 134 Å². The normalized spacial score (nSPS) is 16.3. The van der Waals surface area contributed by atoms with Crippen LogP contribution in [0.4, 0.5) is 5.69 Å². The van der Waals surface area contributed by atoms with E-state index in [1.807, 2.05) is 42.7 Å². The molecule has 0 saturated carbocycles. The van der Waals surface area contributed by atoms with Crippen LogP contribution in [0.5, 0.6) is 0 Å². The fourth-order valence-corrected chi connectivity index (χ4v) is 4.75. The van der Waals surface area contributed by atoms with Crippen molar-refractivity contribution in [2.45, 2.75) is 24.7 Å². The Morgan fingerprint density at radius 3 is 2.49 bits per heavy atom. The number of esters is 1. The maximum atomic E-state index is 14.0. The van der Waals surface area contributed by atoms with Crippen LogP contribution >= 0.6 is 24.4 Å². The fraction of sp³-hybridized carbons (Fsp3) is 0.370. The molecule has 2 aromatic carbocycles. The Morgan fingerprint density at radius 2 is 1.85 bits per heavy atom. The summed E-state index contributed by atoms with van der Waals surface area (Å²) in [4.78, 5) is 59.7. The lowest BCUT2D eigenvalue weighted by Gasteiger charge is -2.30. The number of amides is 3. The van der Waals surface area contributed by atoms with E-state index < -0.39 is 48.5 Å². The standard InChI is InChI=1S/C27H33N5O5S2/c1-31(25(34)19(28)16-38)24-26(35)32(15-22(33)29-20(13-14-39-3)27(36)37-2)21-12-8-7-11-18(21)23(30-24)17-9-5-4-6-10-17/h4-12,19-20,24,38H,13-16,28H2,1-3H3,(H,29,33)/t19-,20-,24?/m0/s1. The molecule has 12 heteroatoms. The number of nitrogens with zero attached hydrogens (tertiary/aromatic N) is 3. The van der Waals surface area contributed by atoms with Crippen molar-refractivity contribution < 1.29 is 23.9 Å². The Labute approximate surface area is 237 Å². The van der Waals surface area contributed by atoms with Gasteiger partial charge in [-0.05, 0) is 24.5 Å². The molecule has 0 spiro atoms. The fourth-order valence-electron chi connectivity index (χ4n) is 4.13. The number of benzene rings is 2. The summed E-state index contributed by atoms with van der Waals surface area (Å²) in [6.07, 6.45) is 0.962. The van der Waals surface area contributed by atoms with Crippen LogP contribution in [0.2, 0.25) is 0 Å². The van der Waals surface area contributed by atoms with Crippen LogP contribution in [-0.2, 0) is 23.9 Å². The third-order valence-electron chi connectivity index (χ3n) is 6.20. The molecule has 0 radical (unpaired) electrons. The van der Waals surface area contributed by atoms with E-state index in [4.69, 9.17) is 15.5 Å². The van der Waals surface area contributed by atoms with Crippen LogP contribution in [0.3, 0.4) is 0 Å². The average molecular weight is 572 g/mol. The molecule has 1 aliphatic heterocycles. The van der Waals surface area contributed by atoms with Crippen molar-refractivity contribution >= 4 is 59.5 Å². The Kier molecular flexibility index (Phi) is 11.0. The zero-order valence-corrected chi connectivity index (χ0v) is 23.8. The maximum absolute atomic E-state index is 14.0. The minimum absolute atomic E-state index is 0.0800. The molecular weight excluding hydrogens is 538 g/mol. The molecule has 0 aliphatic carbocycles. The molecule has 1 heterocycles. The zero-order chi connectivity index (χ0) is 28.5. The van der Waals surface area contributed by atoms with Gasteiger partial charge in [0.15, 0.2) is 0 Å². The first-order valence-corrected chi connectivity index (χ1v) is 14.3. The van der Waals surface area contributed by atoms with Gasteiger partial charge < -0.3 is 20.7 Å². The van der Waals surface area contributed by atoms with Crippen LogP contribution in [0.15, 0.2) is 59.6 Å². The second-order valence-electron chi connectivity index (χ2n) is 8.82. The van der Waals surface area contributed by atoms with Crippen LogP contribution in [0.1, 0.15) is 17.5 Å². The number of hydrogen-bond acceptors (Lipinski definition) is 9. The highest BCUT2D eigenvalue weighted by Crippen LogP contribution is 2.29. The van der Waals surface area contributed by atoms with Crippen molar-refractivity contribution in [3.8, 4) is 0 Å². The molecular formula is C27H33N5O5S2. The van der Waals surface area contributed by atoms with E-state index >= 15 is 0 Å². The van der Waals surface area contributed by atoms with Gasteiger partial charge in [0.1, 0.15) is 12.6 Å². The number of aliphatic imine (C=N–C) groups is 1. The molecule has 3 N–H and O–H groups in total. The van der Waals surface area contributed by atoms with Gasteiger partial charge in [0.25, 0.3) is 5.91 Å². The molecule has 39 heavy (non-hydrogen) atoms. The van der Waals surface area contributed by atoms with Crippen molar-refractivity contribution in [2.75, 3.05) is 43.4 Å². The predicted molar refractivity (Wildman–Crippen MR) is 156 cm³/mol. The number of anilines is 1. The van der Waals surface area contributed by atoms with Gasteiger partial charge in [-0.2, -0.15) is 24.4 Å². The van der Waals surface area contributed by atoms with Crippen LogP contribution in [0.25, 0.3) is 0 Å². The van der Waals surface area contributed by atoms with E-state index in [1.165, 1.54) is 35.7 Å². The van der Waals surface area contributed by atoms with E-state index in [1.54, 1.807) is 18.2 Å². The summed E-state index contributed by atoms with van der Waals surface area (Å²) in [5.74, 6) is -1.53. The Hall–Kier alpha value is -3.35. The summed E-state index contributed by atoms with van der Waals surface area (Å²) in [5, 5.41) is 2.69. The summed E-state index contributed by atoms with van der Waals surface area (Å²) >= 11 is 5.65. The number of nitrogens with one attached hydrogen (secondary N) is 1. The zero-order valence-electron chi connectivity index (χ0n) is 22.1. The van der Waals surface area contributed by atoms with Gasteiger partial charge in [-0.1, -0.05) is 48.5 Å². The second kappa shape index (κ2) is 14.2. The molecule has 3 rings (SSSR count). The molecule has 0 fully saturated rings. The van der Waals surface area contributed by atoms with E-state index in [0.29, 0.717) is 29.1 Å². The third-order valence-corrected chi connectivity index (χ3v) is 7.23. The molecule has 1 unspecified atom stereocenters. The van der Waals surface area contributed by atoms with E-state index in [-0.39, 0.29) is 5.75 Å². The van der Waals surface area contributed by atoms with Crippen molar-refractivity contribution in [3.63, 3.8) is 0 Å². The van der Waals surface area contributed by atoms with Gasteiger partial charge in [-0.3, -0.25) is 19.3 Å². The van der Waals surface area contributed by atoms with E-state index in [2.05, 4.69) is 17.9 Å². The largest absolute Gasteiger partial charge is 0.467 e. The number of likely N-dealkylation sites (N-methyl/N-ethyl adjacent to an activating group) is 1.